The van der Waals surface area contributed by atoms with Gasteiger partial charge in [-0.15, -0.1) is 0 Å². The maximum Gasteiger partial charge on any atom is 0.442 e. The van der Waals surface area contributed by atoms with Crippen LogP contribution in [0.3, 0.4) is 0 Å². The summed E-state index contributed by atoms with van der Waals surface area (Å²) < 4.78 is 39.2. The molecule has 30 heavy (non-hydrogen) atoms. The summed E-state index contributed by atoms with van der Waals surface area (Å²) in [6, 6.07) is 8.93. The van der Waals surface area contributed by atoms with Crippen molar-refractivity contribution in [2.45, 2.75) is 17.7 Å². The third-order valence-electron chi connectivity index (χ3n) is 4.38. The van der Waals surface area contributed by atoms with E-state index in [0.29, 0.717) is 10.5 Å². The number of halogens is 3. The summed E-state index contributed by atoms with van der Waals surface area (Å²) >= 11 is -0.616. The van der Waals surface area contributed by atoms with Crippen molar-refractivity contribution in [2.24, 2.45) is 0 Å². The number of amides is 2. The Hall–Kier alpha value is -3.21. The molecule has 156 valence electrons. The molecule has 2 aromatic rings. The van der Waals surface area contributed by atoms with Crippen molar-refractivity contribution in [2.75, 3.05) is 6.54 Å². The van der Waals surface area contributed by atoms with Gasteiger partial charge in [0.2, 0.25) is 0 Å². The molecule has 0 saturated carbocycles. The quantitative estimate of drug-likeness (QED) is 0.293. The molecular weight excluding hydrogens is 425 g/mol. The number of Topliss-reactive ketones (excluding diaryl/α,β-unsaturated/α-hetero) is 1. The van der Waals surface area contributed by atoms with Crippen LogP contribution in [0.5, 0.6) is 0 Å². The predicted octanol–water partition coefficient (Wildman–Crippen LogP) is 4.00. The minimum Gasteiger partial charge on any atom is -0.293 e. The number of nitro benzene ring substituents is 1. The van der Waals surface area contributed by atoms with Crippen molar-refractivity contribution in [1.29, 1.82) is 0 Å². The molecule has 0 radical (unpaired) electrons. The van der Waals surface area contributed by atoms with Gasteiger partial charge >= 0.3 is 5.51 Å². The maximum absolute atomic E-state index is 13.1. The number of carbonyl (C=O) groups excluding carboxylic acids is 3. The van der Waals surface area contributed by atoms with Crippen LogP contribution in [0.1, 0.15) is 36.6 Å². The fraction of sp³-hybridized carbons (Fsp3) is 0.211. The summed E-state index contributed by atoms with van der Waals surface area (Å²) in [5.74, 6) is -2.78. The summed E-state index contributed by atoms with van der Waals surface area (Å²) in [5, 5.41) is 9.11. The molecule has 0 N–H and O–H groups in total. The molecule has 0 fully saturated rings. The summed E-state index contributed by atoms with van der Waals surface area (Å²) in [6.07, 6.45) is 0. The molecule has 0 bridgehead atoms. The normalized spacial score (nSPS) is 14.6. The zero-order valence-electron chi connectivity index (χ0n) is 15.3. The smallest absolute Gasteiger partial charge is 0.293 e. The number of fused-ring (bicyclic) bond motifs is 1. The van der Waals surface area contributed by atoms with E-state index in [4.69, 9.17) is 0 Å². The average Bonchev–Trinajstić information content (AvgIpc) is 2.90. The largest absolute Gasteiger partial charge is 0.442 e. The highest BCUT2D eigenvalue weighted by Crippen LogP contribution is 2.37. The summed E-state index contributed by atoms with van der Waals surface area (Å²) in [4.78, 5) is 48.5. The Morgan fingerprint density at radius 1 is 1.13 bits per heavy atom. The van der Waals surface area contributed by atoms with Crippen LogP contribution in [0, 0.1) is 17.0 Å². The van der Waals surface area contributed by atoms with Gasteiger partial charge in [-0.2, -0.15) is 13.2 Å². The first-order chi connectivity index (χ1) is 14.0. The lowest BCUT2D eigenvalue weighted by Gasteiger charge is -2.22. The van der Waals surface area contributed by atoms with Crippen LogP contribution in [0.4, 0.5) is 18.9 Å². The van der Waals surface area contributed by atoms with Crippen LogP contribution in [0.25, 0.3) is 0 Å². The standard InChI is InChI=1S/C19H13F3N2O5S/c1-10-3-2-4-11(7-10)16(25)15(30-19(20,21)22)9-23-17(26)13-6-5-12(24(28)29)8-14(13)18(23)27/h2-8,15H,9H2,1H3. The second-order valence-corrected chi connectivity index (χ2v) is 7.76. The molecule has 7 nitrogen and oxygen atoms in total. The van der Waals surface area contributed by atoms with Gasteiger partial charge in [0, 0.05) is 24.2 Å². The fourth-order valence-electron chi connectivity index (χ4n) is 3.04. The first-order valence-corrected chi connectivity index (χ1v) is 9.36. The average molecular weight is 438 g/mol. The number of aryl methyl sites for hydroxylation is 1. The Morgan fingerprint density at radius 3 is 2.40 bits per heavy atom. The van der Waals surface area contributed by atoms with Crippen LogP contribution >= 0.6 is 11.8 Å². The Balaban J connectivity index is 1.92. The molecule has 2 aromatic carbocycles. The van der Waals surface area contributed by atoms with Crippen LogP contribution in [-0.2, 0) is 0 Å². The number of thioether (sulfide) groups is 1. The number of rotatable bonds is 6. The molecule has 1 unspecified atom stereocenters. The van der Waals surface area contributed by atoms with Crippen LogP contribution in [0.15, 0.2) is 42.5 Å². The molecule has 0 saturated heterocycles. The van der Waals surface area contributed by atoms with Crippen molar-refractivity contribution >= 4 is 35.0 Å². The Morgan fingerprint density at radius 2 is 1.80 bits per heavy atom. The van der Waals surface area contributed by atoms with E-state index in [-0.39, 0.29) is 16.7 Å². The number of nitro groups is 1. The lowest BCUT2D eigenvalue weighted by Crippen LogP contribution is -2.40. The topological polar surface area (TPSA) is 97.6 Å². The Labute approximate surface area is 172 Å². The zero-order valence-corrected chi connectivity index (χ0v) is 16.1. The molecule has 0 spiro atoms. The molecule has 11 heteroatoms. The second kappa shape index (κ2) is 7.90. The number of non-ortho nitro benzene ring substituents is 1. The number of benzene rings is 2. The highest BCUT2D eigenvalue weighted by Gasteiger charge is 2.43. The van der Waals surface area contributed by atoms with Gasteiger partial charge in [-0.05, 0) is 30.8 Å². The Bertz CT molecular complexity index is 1070. The van der Waals surface area contributed by atoms with E-state index in [1.54, 1.807) is 13.0 Å². The number of alkyl halides is 3. The van der Waals surface area contributed by atoms with Gasteiger partial charge < -0.3 is 0 Å². The van der Waals surface area contributed by atoms with Crippen LogP contribution in [0.2, 0.25) is 0 Å². The first kappa shape index (κ1) is 21.5. The van der Waals surface area contributed by atoms with E-state index >= 15 is 0 Å². The van der Waals surface area contributed by atoms with E-state index in [1.165, 1.54) is 18.2 Å². The van der Waals surface area contributed by atoms with Crippen molar-refractivity contribution in [3.05, 3.63) is 74.8 Å². The lowest BCUT2D eigenvalue weighted by atomic mass is 10.1. The van der Waals surface area contributed by atoms with E-state index in [0.717, 1.165) is 18.2 Å². The molecule has 3 rings (SSSR count). The molecule has 0 aromatic heterocycles. The van der Waals surface area contributed by atoms with Crippen molar-refractivity contribution in [3.63, 3.8) is 0 Å². The monoisotopic (exact) mass is 438 g/mol. The highest BCUT2D eigenvalue weighted by molar-refractivity contribution is 8.01. The van der Waals surface area contributed by atoms with Crippen molar-refractivity contribution in [1.82, 2.24) is 4.90 Å². The van der Waals surface area contributed by atoms with E-state index < -0.39 is 57.3 Å². The van der Waals surface area contributed by atoms with Gasteiger partial charge in [-0.1, -0.05) is 23.8 Å². The first-order valence-electron chi connectivity index (χ1n) is 8.48. The van der Waals surface area contributed by atoms with Gasteiger partial charge in [0.05, 0.1) is 21.3 Å². The SMILES string of the molecule is Cc1cccc(C(=O)C(CN2C(=O)c3ccc([N+](=O)[O-])cc3C2=O)SC(F)(F)F)c1. The van der Waals surface area contributed by atoms with Crippen molar-refractivity contribution < 1.29 is 32.5 Å². The Kier molecular flexibility index (Phi) is 5.66. The molecule has 0 aliphatic carbocycles. The van der Waals surface area contributed by atoms with Crippen molar-refractivity contribution in [3.8, 4) is 0 Å². The predicted molar refractivity (Wildman–Crippen MR) is 101 cm³/mol. The molecule has 1 heterocycles. The highest BCUT2D eigenvalue weighted by atomic mass is 32.2. The van der Waals surface area contributed by atoms with E-state index in [1.807, 2.05) is 0 Å². The maximum atomic E-state index is 13.1. The minimum absolute atomic E-state index is 0.0176. The van der Waals surface area contributed by atoms with Gasteiger partial charge in [0.15, 0.2) is 5.78 Å². The molecule has 1 aliphatic rings. The number of hydrogen-bond acceptors (Lipinski definition) is 6. The number of hydrogen-bond donors (Lipinski definition) is 0. The summed E-state index contributed by atoms with van der Waals surface area (Å²) in [5.41, 5.74) is -5.00. The summed E-state index contributed by atoms with van der Waals surface area (Å²) in [6.45, 7) is 0.844. The number of carbonyl (C=O) groups is 3. The molecular formula is C19H13F3N2O5S. The molecule has 2 amide bonds. The van der Waals surface area contributed by atoms with Gasteiger partial charge in [-0.25, -0.2) is 0 Å². The van der Waals surface area contributed by atoms with E-state index in [9.17, 15) is 37.7 Å². The molecule has 1 atom stereocenters. The van der Waals surface area contributed by atoms with Gasteiger partial charge in [0.25, 0.3) is 17.5 Å². The third-order valence-corrected chi connectivity index (χ3v) is 5.30. The number of nitrogens with zero attached hydrogens (tertiary/aromatic N) is 2. The zero-order chi connectivity index (χ0) is 22.2. The number of ketones is 1. The minimum atomic E-state index is -4.79. The fourth-order valence-corrected chi connectivity index (χ4v) is 3.83. The van der Waals surface area contributed by atoms with E-state index in [2.05, 4.69) is 0 Å². The van der Waals surface area contributed by atoms with Crippen LogP contribution in [-0.4, -0.2) is 44.7 Å². The third kappa shape index (κ3) is 4.35. The van der Waals surface area contributed by atoms with Gasteiger partial charge in [-0.3, -0.25) is 29.4 Å². The summed E-state index contributed by atoms with van der Waals surface area (Å²) in [7, 11) is 0. The van der Waals surface area contributed by atoms with Gasteiger partial charge in [0.1, 0.15) is 0 Å². The number of imide groups is 1. The lowest BCUT2D eigenvalue weighted by molar-refractivity contribution is -0.384. The molecule has 1 aliphatic heterocycles. The second-order valence-electron chi connectivity index (χ2n) is 6.49. The van der Waals surface area contributed by atoms with Crippen LogP contribution < -0.4 is 0 Å².